The summed E-state index contributed by atoms with van der Waals surface area (Å²) < 4.78 is 2.02. The van der Waals surface area contributed by atoms with Crippen LogP contribution in [0.15, 0.2) is 29.4 Å². The second-order valence-corrected chi connectivity index (χ2v) is 5.67. The van der Waals surface area contributed by atoms with Crippen molar-refractivity contribution in [1.82, 2.24) is 25.2 Å². The number of fused-ring (bicyclic) bond motifs is 1. The fourth-order valence-electron chi connectivity index (χ4n) is 2.13. The molecule has 7 heteroatoms. The molecule has 2 aromatic heterocycles. The third kappa shape index (κ3) is 6.32. The zero-order valence-electron chi connectivity index (χ0n) is 14.1. The van der Waals surface area contributed by atoms with Crippen molar-refractivity contribution in [1.29, 1.82) is 0 Å². The van der Waals surface area contributed by atoms with E-state index in [-0.39, 0.29) is 24.0 Å². The van der Waals surface area contributed by atoms with E-state index in [1.807, 2.05) is 28.8 Å². The molecule has 0 amide bonds. The molecule has 0 radical (unpaired) electrons. The van der Waals surface area contributed by atoms with Gasteiger partial charge in [0.05, 0.1) is 0 Å². The van der Waals surface area contributed by atoms with Gasteiger partial charge in [-0.1, -0.05) is 19.9 Å². The molecule has 0 aliphatic heterocycles. The Labute approximate surface area is 155 Å². The molecular weight excluding hydrogens is 403 g/mol. The molecular formula is C16H27IN6. The standard InChI is InChI=1S/C16H26N6.HI/c1-4-17-16(18-10-8-13(2)3)19-11-9-15-21-20-14-7-5-6-12-22(14)15;/h5-7,12-13H,4,8-11H2,1-3H3,(H2,17,18,19);1H. The fraction of sp³-hybridized carbons (Fsp3) is 0.562. The van der Waals surface area contributed by atoms with Crippen molar-refractivity contribution in [3.63, 3.8) is 0 Å². The average molecular weight is 430 g/mol. The number of halogens is 1. The first kappa shape index (κ1) is 19.7. The molecule has 0 spiro atoms. The van der Waals surface area contributed by atoms with Gasteiger partial charge in [-0.25, -0.2) is 0 Å². The first-order chi connectivity index (χ1) is 10.7. The molecule has 6 nitrogen and oxygen atoms in total. The average Bonchev–Trinajstić information content (AvgIpc) is 2.90. The summed E-state index contributed by atoms with van der Waals surface area (Å²) in [6.45, 7) is 9.00. The lowest BCUT2D eigenvalue weighted by Crippen LogP contribution is -2.38. The highest BCUT2D eigenvalue weighted by molar-refractivity contribution is 14.0. The van der Waals surface area contributed by atoms with Gasteiger partial charge in [0, 0.05) is 32.3 Å². The van der Waals surface area contributed by atoms with Gasteiger partial charge in [0.2, 0.25) is 0 Å². The third-order valence-corrected chi connectivity index (χ3v) is 3.35. The molecule has 2 rings (SSSR count). The summed E-state index contributed by atoms with van der Waals surface area (Å²) in [5, 5.41) is 15.0. The normalized spacial score (nSPS) is 11.6. The lowest BCUT2D eigenvalue weighted by Gasteiger charge is -2.11. The molecule has 23 heavy (non-hydrogen) atoms. The molecule has 0 aromatic carbocycles. The molecule has 0 aliphatic rings. The molecule has 2 N–H and O–H groups in total. The van der Waals surface area contributed by atoms with E-state index in [1.54, 1.807) is 0 Å². The van der Waals surface area contributed by atoms with E-state index >= 15 is 0 Å². The third-order valence-electron chi connectivity index (χ3n) is 3.35. The smallest absolute Gasteiger partial charge is 0.191 e. The molecule has 0 unspecified atom stereocenters. The van der Waals surface area contributed by atoms with E-state index in [9.17, 15) is 0 Å². The maximum absolute atomic E-state index is 4.59. The second kappa shape index (κ2) is 10.4. The molecule has 0 fully saturated rings. The van der Waals surface area contributed by atoms with Gasteiger partial charge in [0.15, 0.2) is 11.6 Å². The summed E-state index contributed by atoms with van der Waals surface area (Å²) in [7, 11) is 0. The number of hydrogen-bond donors (Lipinski definition) is 2. The van der Waals surface area contributed by atoms with Gasteiger partial charge in [-0.2, -0.15) is 0 Å². The summed E-state index contributed by atoms with van der Waals surface area (Å²) in [4.78, 5) is 4.59. The Balaban J connectivity index is 0.00000264. The number of rotatable bonds is 7. The summed E-state index contributed by atoms with van der Waals surface area (Å²) in [6.07, 6.45) is 3.90. The van der Waals surface area contributed by atoms with Crippen LogP contribution in [0.5, 0.6) is 0 Å². The molecule has 0 bridgehead atoms. The minimum Gasteiger partial charge on any atom is -0.357 e. The largest absolute Gasteiger partial charge is 0.357 e. The van der Waals surface area contributed by atoms with E-state index in [1.165, 1.54) is 0 Å². The van der Waals surface area contributed by atoms with Gasteiger partial charge in [0.1, 0.15) is 5.82 Å². The first-order valence-electron chi connectivity index (χ1n) is 8.01. The monoisotopic (exact) mass is 430 g/mol. The van der Waals surface area contributed by atoms with Crippen LogP contribution in [0.4, 0.5) is 0 Å². The minimum absolute atomic E-state index is 0. The molecule has 0 saturated heterocycles. The van der Waals surface area contributed by atoms with Gasteiger partial charge in [-0.15, -0.1) is 34.2 Å². The Bertz CT molecular complexity index is 607. The Morgan fingerprint density at radius 2 is 2.09 bits per heavy atom. The van der Waals surface area contributed by atoms with Crippen LogP contribution in [0.25, 0.3) is 5.65 Å². The Hall–Kier alpha value is -1.38. The van der Waals surface area contributed by atoms with Gasteiger partial charge >= 0.3 is 0 Å². The number of pyridine rings is 1. The fourth-order valence-corrected chi connectivity index (χ4v) is 2.13. The summed E-state index contributed by atoms with van der Waals surface area (Å²) >= 11 is 0. The summed E-state index contributed by atoms with van der Waals surface area (Å²) in [5.41, 5.74) is 0.884. The maximum atomic E-state index is 4.59. The highest BCUT2D eigenvalue weighted by Crippen LogP contribution is 2.03. The topological polar surface area (TPSA) is 66.6 Å². The highest BCUT2D eigenvalue weighted by Gasteiger charge is 2.04. The molecule has 0 atom stereocenters. The minimum atomic E-state index is 0. The van der Waals surface area contributed by atoms with Crippen LogP contribution in [0.1, 0.15) is 33.0 Å². The van der Waals surface area contributed by atoms with Crippen LogP contribution in [0, 0.1) is 5.92 Å². The van der Waals surface area contributed by atoms with Crippen LogP contribution in [-0.2, 0) is 6.42 Å². The highest BCUT2D eigenvalue weighted by atomic mass is 127. The molecule has 0 aliphatic carbocycles. The summed E-state index contributed by atoms with van der Waals surface area (Å²) in [5.74, 6) is 2.51. The van der Waals surface area contributed by atoms with E-state index in [0.29, 0.717) is 5.92 Å². The van der Waals surface area contributed by atoms with E-state index in [2.05, 4.69) is 46.6 Å². The van der Waals surface area contributed by atoms with Crippen LogP contribution in [0.2, 0.25) is 0 Å². The van der Waals surface area contributed by atoms with E-state index in [4.69, 9.17) is 0 Å². The Kier molecular flexibility index (Phi) is 8.90. The van der Waals surface area contributed by atoms with Gasteiger partial charge < -0.3 is 10.6 Å². The van der Waals surface area contributed by atoms with Crippen molar-refractivity contribution in [2.45, 2.75) is 33.6 Å². The van der Waals surface area contributed by atoms with Crippen molar-refractivity contribution >= 4 is 35.6 Å². The number of nitrogens with one attached hydrogen (secondary N) is 2. The molecule has 128 valence electrons. The predicted molar refractivity (Wildman–Crippen MR) is 106 cm³/mol. The Morgan fingerprint density at radius 3 is 2.83 bits per heavy atom. The van der Waals surface area contributed by atoms with Crippen molar-refractivity contribution in [2.75, 3.05) is 19.6 Å². The van der Waals surface area contributed by atoms with Crippen LogP contribution < -0.4 is 10.6 Å². The second-order valence-electron chi connectivity index (χ2n) is 5.67. The van der Waals surface area contributed by atoms with Crippen LogP contribution in [-0.4, -0.2) is 40.2 Å². The van der Waals surface area contributed by atoms with Crippen LogP contribution in [0.3, 0.4) is 0 Å². The van der Waals surface area contributed by atoms with Crippen molar-refractivity contribution in [3.05, 3.63) is 30.2 Å². The lowest BCUT2D eigenvalue weighted by molar-refractivity contribution is 0.594. The zero-order valence-corrected chi connectivity index (χ0v) is 16.4. The number of aliphatic imine (C=N–C) groups is 1. The van der Waals surface area contributed by atoms with Gasteiger partial charge in [0.25, 0.3) is 0 Å². The first-order valence-corrected chi connectivity index (χ1v) is 8.01. The van der Waals surface area contributed by atoms with Crippen molar-refractivity contribution in [3.8, 4) is 0 Å². The van der Waals surface area contributed by atoms with E-state index in [0.717, 1.165) is 49.9 Å². The number of guanidine groups is 1. The van der Waals surface area contributed by atoms with Crippen molar-refractivity contribution < 1.29 is 0 Å². The maximum Gasteiger partial charge on any atom is 0.191 e. The quantitative estimate of drug-likeness (QED) is 0.403. The number of nitrogens with zero attached hydrogens (tertiary/aromatic N) is 4. The molecule has 0 saturated carbocycles. The number of hydrogen-bond acceptors (Lipinski definition) is 3. The van der Waals surface area contributed by atoms with Crippen molar-refractivity contribution in [2.24, 2.45) is 10.9 Å². The Morgan fingerprint density at radius 1 is 1.26 bits per heavy atom. The van der Waals surface area contributed by atoms with Gasteiger partial charge in [-0.3, -0.25) is 9.39 Å². The summed E-state index contributed by atoms with van der Waals surface area (Å²) in [6, 6.07) is 5.92. The van der Waals surface area contributed by atoms with E-state index < -0.39 is 0 Å². The number of aromatic nitrogens is 3. The van der Waals surface area contributed by atoms with Crippen LogP contribution >= 0.6 is 24.0 Å². The SMILES string of the molecule is CCNC(=NCCC(C)C)NCCc1nnc2ccccn12.I. The predicted octanol–water partition coefficient (Wildman–Crippen LogP) is 2.49. The van der Waals surface area contributed by atoms with Gasteiger partial charge in [-0.05, 0) is 31.4 Å². The molecule has 2 aromatic rings. The lowest BCUT2D eigenvalue weighted by atomic mass is 10.1. The zero-order chi connectivity index (χ0) is 15.8. The molecule has 2 heterocycles.